The Morgan fingerprint density at radius 1 is 1.48 bits per heavy atom. The number of carbonyl (C=O) groups excluding carboxylic acids is 1. The first-order valence-corrected chi connectivity index (χ1v) is 6.65. The van der Waals surface area contributed by atoms with Crippen LogP contribution in [0.4, 0.5) is 5.69 Å². The number of nitro groups is 1. The van der Waals surface area contributed by atoms with E-state index in [2.05, 4.69) is 0 Å². The highest BCUT2D eigenvalue weighted by atomic mass is 16.6. The van der Waals surface area contributed by atoms with Crippen molar-refractivity contribution in [2.24, 2.45) is 5.92 Å². The lowest BCUT2D eigenvalue weighted by Crippen LogP contribution is -2.29. The second-order valence-corrected chi connectivity index (χ2v) is 5.23. The average molecular weight is 292 g/mol. The molecule has 1 unspecified atom stereocenters. The van der Waals surface area contributed by atoms with Gasteiger partial charge in [-0.2, -0.15) is 0 Å². The first-order valence-electron chi connectivity index (χ1n) is 6.65. The van der Waals surface area contributed by atoms with Crippen LogP contribution in [0, 0.1) is 23.0 Å². The molecular formula is C14H16N2O5. The van der Waals surface area contributed by atoms with Gasteiger partial charge in [-0.1, -0.05) is 12.1 Å². The summed E-state index contributed by atoms with van der Waals surface area (Å²) >= 11 is 0. The zero-order chi connectivity index (χ0) is 15.6. The molecule has 0 aromatic heterocycles. The summed E-state index contributed by atoms with van der Waals surface area (Å²) in [5, 5.41) is 19.9. The van der Waals surface area contributed by atoms with Gasteiger partial charge in [0.2, 0.25) is 0 Å². The van der Waals surface area contributed by atoms with Crippen molar-refractivity contribution < 1.29 is 19.6 Å². The summed E-state index contributed by atoms with van der Waals surface area (Å²) in [4.78, 5) is 35.2. The molecule has 0 spiro atoms. The first kappa shape index (κ1) is 15.0. The van der Waals surface area contributed by atoms with E-state index >= 15 is 0 Å². The topological polar surface area (TPSA) is 101 Å². The molecule has 1 aromatic carbocycles. The van der Waals surface area contributed by atoms with Gasteiger partial charge in [0.15, 0.2) is 0 Å². The molecule has 1 saturated heterocycles. The number of hydrogen-bond acceptors (Lipinski definition) is 4. The second kappa shape index (κ2) is 5.90. The Bertz CT molecular complexity index is 599. The normalized spacial score (nSPS) is 17.8. The number of aryl methyl sites for hydroxylation is 1. The van der Waals surface area contributed by atoms with Crippen LogP contribution in [0.2, 0.25) is 0 Å². The molecule has 1 fully saturated rings. The molecule has 0 radical (unpaired) electrons. The van der Waals surface area contributed by atoms with Crippen LogP contribution < -0.4 is 0 Å². The number of benzene rings is 1. The smallest absolute Gasteiger partial charge is 0.303 e. The van der Waals surface area contributed by atoms with Gasteiger partial charge in [0.05, 0.1) is 4.92 Å². The van der Waals surface area contributed by atoms with Crippen LogP contribution in [-0.2, 0) is 4.79 Å². The van der Waals surface area contributed by atoms with Crippen molar-refractivity contribution in [1.29, 1.82) is 0 Å². The number of aliphatic carboxylic acids is 1. The van der Waals surface area contributed by atoms with E-state index in [9.17, 15) is 19.7 Å². The molecule has 0 bridgehead atoms. The maximum Gasteiger partial charge on any atom is 0.303 e. The van der Waals surface area contributed by atoms with Crippen molar-refractivity contribution in [3.8, 4) is 0 Å². The fourth-order valence-electron chi connectivity index (χ4n) is 2.67. The maximum atomic E-state index is 12.4. The predicted octanol–water partition coefficient (Wildman–Crippen LogP) is 1.84. The third-order valence-electron chi connectivity index (χ3n) is 3.69. The number of carbonyl (C=O) groups is 2. The summed E-state index contributed by atoms with van der Waals surface area (Å²) in [7, 11) is 0. The summed E-state index contributed by atoms with van der Waals surface area (Å²) in [6.07, 6.45) is 0.622. The molecule has 21 heavy (non-hydrogen) atoms. The van der Waals surface area contributed by atoms with Gasteiger partial charge in [0, 0.05) is 25.1 Å². The Kier molecular flexibility index (Phi) is 4.21. The molecule has 0 saturated carbocycles. The monoisotopic (exact) mass is 292 g/mol. The van der Waals surface area contributed by atoms with Crippen molar-refractivity contribution in [3.63, 3.8) is 0 Å². The van der Waals surface area contributed by atoms with E-state index in [1.165, 1.54) is 11.0 Å². The van der Waals surface area contributed by atoms with Crippen LogP contribution in [0.25, 0.3) is 0 Å². The summed E-state index contributed by atoms with van der Waals surface area (Å²) in [5.41, 5.74) is 0.326. The van der Waals surface area contributed by atoms with Crippen LogP contribution in [0.1, 0.15) is 28.8 Å². The molecule has 1 aliphatic heterocycles. The van der Waals surface area contributed by atoms with Gasteiger partial charge in [-0.25, -0.2) is 0 Å². The van der Waals surface area contributed by atoms with Crippen LogP contribution in [-0.4, -0.2) is 39.9 Å². The van der Waals surface area contributed by atoms with Gasteiger partial charge < -0.3 is 10.0 Å². The number of carboxylic acid groups (broad SMARTS) is 1. The van der Waals surface area contributed by atoms with Crippen molar-refractivity contribution in [1.82, 2.24) is 4.90 Å². The summed E-state index contributed by atoms with van der Waals surface area (Å²) in [6, 6.07) is 4.64. The SMILES string of the molecule is Cc1cccc(C(=O)N2CCC(CC(=O)O)C2)c1[N+](=O)[O-]. The number of nitrogens with zero attached hydrogens (tertiary/aromatic N) is 2. The Morgan fingerprint density at radius 2 is 2.19 bits per heavy atom. The molecule has 2 rings (SSSR count). The highest BCUT2D eigenvalue weighted by Gasteiger charge is 2.32. The van der Waals surface area contributed by atoms with E-state index in [-0.39, 0.29) is 23.6 Å². The van der Waals surface area contributed by atoms with Gasteiger partial charge in [0.25, 0.3) is 11.6 Å². The summed E-state index contributed by atoms with van der Waals surface area (Å²) in [6.45, 7) is 2.35. The highest BCUT2D eigenvalue weighted by molar-refractivity contribution is 5.98. The van der Waals surface area contributed by atoms with Gasteiger partial charge in [-0.15, -0.1) is 0 Å². The third kappa shape index (κ3) is 3.18. The summed E-state index contributed by atoms with van der Waals surface area (Å²) < 4.78 is 0. The van der Waals surface area contributed by atoms with E-state index in [4.69, 9.17) is 5.11 Å². The lowest BCUT2D eigenvalue weighted by atomic mass is 10.1. The van der Waals surface area contributed by atoms with Crippen molar-refractivity contribution in [2.45, 2.75) is 19.8 Å². The van der Waals surface area contributed by atoms with E-state index < -0.39 is 16.8 Å². The van der Waals surface area contributed by atoms with Gasteiger partial charge in [0.1, 0.15) is 5.56 Å². The zero-order valence-electron chi connectivity index (χ0n) is 11.6. The van der Waals surface area contributed by atoms with E-state index in [1.54, 1.807) is 19.1 Å². The lowest BCUT2D eigenvalue weighted by Gasteiger charge is -2.16. The third-order valence-corrected chi connectivity index (χ3v) is 3.69. The fourth-order valence-corrected chi connectivity index (χ4v) is 2.67. The second-order valence-electron chi connectivity index (χ2n) is 5.23. The van der Waals surface area contributed by atoms with Crippen LogP contribution in [0.5, 0.6) is 0 Å². The van der Waals surface area contributed by atoms with E-state index in [1.807, 2.05) is 0 Å². The fraction of sp³-hybridized carbons (Fsp3) is 0.429. The van der Waals surface area contributed by atoms with Crippen molar-refractivity contribution in [3.05, 3.63) is 39.4 Å². The Morgan fingerprint density at radius 3 is 2.81 bits per heavy atom. The number of nitro benzene ring substituents is 1. The Labute approximate surface area is 121 Å². The van der Waals surface area contributed by atoms with Crippen molar-refractivity contribution >= 4 is 17.6 Å². The molecule has 1 heterocycles. The number of hydrogen-bond donors (Lipinski definition) is 1. The number of amides is 1. The quantitative estimate of drug-likeness (QED) is 0.674. The Balaban J connectivity index is 2.20. The van der Waals surface area contributed by atoms with Crippen LogP contribution >= 0.6 is 0 Å². The van der Waals surface area contributed by atoms with Crippen LogP contribution in [0.3, 0.4) is 0 Å². The molecule has 1 aliphatic rings. The van der Waals surface area contributed by atoms with Gasteiger partial charge in [-0.05, 0) is 25.3 Å². The number of rotatable bonds is 4. The molecule has 1 atom stereocenters. The standard InChI is InChI=1S/C14H16N2O5/c1-9-3-2-4-11(13(9)16(20)21)14(19)15-6-5-10(8-15)7-12(17)18/h2-4,10H,5-8H2,1H3,(H,17,18). The van der Waals surface area contributed by atoms with Gasteiger partial charge in [-0.3, -0.25) is 19.7 Å². The van der Waals surface area contributed by atoms with E-state index in [0.717, 1.165) is 0 Å². The predicted molar refractivity (Wildman–Crippen MR) is 74.1 cm³/mol. The number of para-hydroxylation sites is 1. The minimum Gasteiger partial charge on any atom is -0.481 e. The Hall–Kier alpha value is -2.44. The van der Waals surface area contributed by atoms with E-state index in [0.29, 0.717) is 25.1 Å². The molecule has 7 nitrogen and oxygen atoms in total. The zero-order valence-corrected chi connectivity index (χ0v) is 11.6. The molecule has 1 aromatic rings. The van der Waals surface area contributed by atoms with Crippen molar-refractivity contribution in [2.75, 3.05) is 13.1 Å². The maximum absolute atomic E-state index is 12.4. The van der Waals surface area contributed by atoms with Crippen LogP contribution in [0.15, 0.2) is 18.2 Å². The molecular weight excluding hydrogens is 276 g/mol. The highest BCUT2D eigenvalue weighted by Crippen LogP contribution is 2.27. The minimum atomic E-state index is -0.893. The number of likely N-dealkylation sites (tertiary alicyclic amines) is 1. The number of carboxylic acids is 1. The average Bonchev–Trinajstić information content (AvgIpc) is 2.84. The molecule has 112 valence electrons. The first-order chi connectivity index (χ1) is 9.90. The minimum absolute atomic E-state index is 0.0136. The lowest BCUT2D eigenvalue weighted by molar-refractivity contribution is -0.385. The van der Waals surface area contributed by atoms with Gasteiger partial charge >= 0.3 is 5.97 Å². The summed E-state index contributed by atoms with van der Waals surface area (Å²) in [5.74, 6) is -1.38. The molecule has 1 N–H and O–H groups in total. The molecule has 1 amide bonds. The largest absolute Gasteiger partial charge is 0.481 e. The molecule has 0 aliphatic carbocycles. The molecule has 7 heteroatoms.